The van der Waals surface area contributed by atoms with Crippen LogP contribution in [0.4, 0.5) is 4.79 Å². The average Bonchev–Trinajstić information content (AvgIpc) is 2.91. The van der Waals surface area contributed by atoms with Crippen LogP contribution in [0.2, 0.25) is 0 Å². The molecule has 0 aromatic rings. The Morgan fingerprint density at radius 2 is 2.10 bits per heavy atom. The Bertz CT molecular complexity index is 347. The summed E-state index contributed by atoms with van der Waals surface area (Å²) in [6.45, 7) is 6.31. The highest BCUT2D eigenvalue weighted by Crippen LogP contribution is 2.21. The highest BCUT2D eigenvalue weighted by Gasteiger charge is 2.27. The lowest BCUT2D eigenvalue weighted by atomic mass is 9.88. The molecule has 0 aromatic heterocycles. The molecule has 0 saturated carbocycles. The molecule has 3 N–H and O–H groups in total. The summed E-state index contributed by atoms with van der Waals surface area (Å²) in [4.78, 5) is 25.2. The van der Waals surface area contributed by atoms with E-state index in [0.717, 1.165) is 19.3 Å². The van der Waals surface area contributed by atoms with Crippen molar-refractivity contribution in [3.63, 3.8) is 0 Å². The van der Waals surface area contributed by atoms with Gasteiger partial charge in [0.1, 0.15) is 0 Å². The molecule has 0 radical (unpaired) electrons. The summed E-state index contributed by atoms with van der Waals surface area (Å²) in [5.74, 6) is 1.23. The first kappa shape index (κ1) is 17.8. The summed E-state index contributed by atoms with van der Waals surface area (Å²) in [6, 6.07) is 0.00587. The number of rotatable bonds is 7. The van der Waals surface area contributed by atoms with Gasteiger partial charge in [0.2, 0.25) is 5.91 Å². The maximum atomic E-state index is 12.2. The summed E-state index contributed by atoms with van der Waals surface area (Å²) in [5, 5.41) is 2.75. The van der Waals surface area contributed by atoms with Crippen molar-refractivity contribution in [1.29, 1.82) is 0 Å². The van der Waals surface area contributed by atoms with Gasteiger partial charge in [0, 0.05) is 19.5 Å². The van der Waals surface area contributed by atoms with Crippen molar-refractivity contribution in [2.75, 3.05) is 26.7 Å². The van der Waals surface area contributed by atoms with Crippen molar-refractivity contribution in [3.8, 4) is 0 Å². The molecule has 122 valence electrons. The largest absolute Gasteiger partial charge is 0.453 e. The molecule has 1 aliphatic rings. The summed E-state index contributed by atoms with van der Waals surface area (Å²) in [6.07, 6.45) is 2.78. The van der Waals surface area contributed by atoms with Gasteiger partial charge in [-0.05, 0) is 37.6 Å². The molecule has 6 heteroatoms. The average molecular weight is 299 g/mol. The number of methoxy groups -OCH3 is 1. The van der Waals surface area contributed by atoms with Gasteiger partial charge in [-0.2, -0.15) is 0 Å². The number of carbonyl (C=O) groups is 2. The lowest BCUT2D eigenvalue weighted by Crippen LogP contribution is -2.38. The minimum Gasteiger partial charge on any atom is -0.453 e. The van der Waals surface area contributed by atoms with Crippen molar-refractivity contribution < 1.29 is 14.3 Å². The molecule has 2 unspecified atom stereocenters. The number of carbonyl (C=O) groups excluding carboxylic acids is 2. The van der Waals surface area contributed by atoms with Gasteiger partial charge in [0.05, 0.1) is 13.2 Å². The van der Waals surface area contributed by atoms with Crippen LogP contribution in [0.5, 0.6) is 0 Å². The quantitative estimate of drug-likeness (QED) is 0.743. The van der Waals surface area contributed by atoms with E-state index in [1.54, 1.807) is 0 Å². The maximum absolute atomic E-state index is 12.2. The molecule has 0 aromatic carbocycles. The number of hydrogen-bond acceptors (Lipinski definition) is 4. The number of amides is 2. The first-order valence-corrected chi connectivity index (χ1v) is 7.80. The zero-order valence-corrected chi connectivity index (χ0v) is 13.4. The van der Waals surface area contributed by atoms with Gasteiger partial charge in [-0.1, -0.05) is 13.8 Å². The lowest BCUT2D eigenvalue weighted by molar-refractivity contribution is -0.130. The van der Waals surface area contributed by atoms with E-state index in [1.807, 2.05) is 4.90 Å². The first-order chi connectivity index (χ1) is 9.97. The number of likely N-dealkylation sites (tertiary alicyclic amines) is 1. The van der Waals surface area contributed by atoms with Gasteiger partial charge < -0.3 is 20.7 Å². The molecule has 0 spiro atoms. The molecule has 1 saturated heterocycles. The monoisotopic (exact) mass is 299 g/mol. The summed E-state index contributed by atoms with van der Waals surface area (Å²) in [7, 11) is 1.34. The van der Waals surface area contributed by atoms with E-state index in [1.165, 1.54) is 7.11 Å². The van der Waals surface area contributed by atoms with E-state index in [4.69, 9.17) is 5.73 Å². The number of nitrogens with zero attached hydrogens (tertiary/aromatic N) is 1. The van der Waals surface area contributed by atoms with Crippen LogP contribution < -0.4 is 11.1 Å². The van der Waals surface area contributed by atoms with Crippen LogP contribution in [0.3, 0.4) is 0 Å². The maximum Gasteiger partial charge on any atom is 0.407 e. The molecule has 1 heterocycles. The minimum atomic E-state index is -0.433. The molecule has 1 aliphatic heterocycles. The Morgan fingerprint density at radius 1 is 1.38 bits per heavy atom. The van der Waals surface area contributed by atoms with Gasteiger partial charge in [-0.3, -0.25) is 4.79 Å². The predicted molar refractivity (Wildman–Crippen MR) is 81.8 cm³/mol. The standard InChI is InChI=1S/C15H29N3O3/c1-11(2)12(6-8-16)4-5-14(19)18-9-7-13(10-18)17-15(20)21-3/h11-13H,4-10,16H2,1-3H3,(H,17,20). The van der Waals surface area contributed by atoms with Crippen LogP contribution in [-0.4, -0.2) is 49.7 Å². The number of ether oxygens (including phenoxy) is 1. The van der Waals surface area contributed by atoms with Crippen molar-refractivity contribution in [2.45, 2.75) is 45.6 Å². The minimum absolute atomic E-state index is 0.00587. The Balaban J connectivity index is 2.34. The summed E-state index contributed by atoms with van der Waals surface area (Å²) < 4.78 is 4.57. The van der Waals surface area contributed by atoms with Crippen molar-refractivity contribution >= 4 is 12.0 Å². The van der Waals surface area contributed by atoms with Crippen LogP contribution in [0.1, 0.15) is 39.5 Å². The third-order valence-electron chi connectivity index (χ3n) is 4.26. The molecular weight excluding hydrogens is 270 g/mol. The van der Waals surface area contributed by atoms with Gasteiger partial charge in [0.15, 0.2) is 0 Å². The van der Waals surface area contributed by atoms with Crippen LogP contribution in [0, 0.1) is 11.8 Å². The molecule has 2 amide bonds. The Hall–Kier alpha value is -1.30. The molecule has 0 aliphatic carbocycles. The van der Waals surface area contributed by atoms with Gasteiger partial charge in [-0.25, -0.2) is 4.79 Å². The van der Waals surface area contributed by atoms with E-state index >= 15 is 0 Å². The Labute approximate surface area is 127 Å². The van der Waals surface area contributed by atoms with E-state index in [9.17, 15) is 9.59 Å². The molecule has 0 bridgehead atoms. The third-order valence-corrected chi connectivity index (χ3v) is 4.26. The van der Waals surface area contributed by atoms with Crippen LogP contribution in [-0.2, 0) is 9.53 Å². The van der Waals surface area contributed by atoms with Crippen molar-refractivity contribution in [3.05, 3.63) is 0 Å². The van der Waals surface area contributed by atoms with Crippen molar-refractivity contribution in [1.82, 2.24) is 10.2 Å². The van der Waals surface area contributed by atoms with E-state index in [-0.39, 0.29) is 11.9 Å². The molecule has 1 rings (SSSR count). The normalized spacial score (nSPS) is 19.7. The highest BCUT2D eigenvalue weighted by molar-refractivity contribution is 5.76. The lowest BCUT2D eigenvalue weighted by Gasteiger charge is -2.22. The SMILES string of the molecule is COC(=O)NC1CCN(C(=O)CCC(CCN)C(C)C)C1. The predicted octanol–water partition coefficient (Wildman–Crippen LogP) is 1.34. The third kappa shape index (κ3) is 5.91. The smallest absolute Gasteiger partial charge is 0.407 e. The molecule has 6 nitrogen and oxygen atoms in total. The van der Waals surface area contributed by atoms with Crippen LogP contribution in [0.25, 0.3) is 0 Å². The molecule has 2 atom stereocenters. The van der Waals surface area contributed by atoms with E-state index in [0.29, 0.717) is 37.9 Å². The second-order valence-electron chi connectivity index (χ2n) is 6.08. The number of nitrogens with one attached hydrogen (secondary N) is 1. The zero-order chi connectivity index (χ0) is 15.8. The number of alkyl carbamates (subject to hydrolysis) is 1. The van der Waals surface area contributed by atoms with Crippen LogP contribution in [0.15, 0.2) is 0 Å². The van der Waals surface area contributed by atoms with Crippen LogP contribution >= 0.6 is 0 Å². The fourth-order valence-electron chi connectivity index (χ4n) is 2.82. The Kier molecular flexibility index (Phi) is 7.50. The first-order valence-electron chi connectivity index (χ1n) is 7.80. The fraction of sp³-hybridized carbons (Fsp3) is 0.867. The second-order valence-corrected chi connectivity index (χ2v) is 6.08. The molecule has 1 fully saturated rings. The highest BCUT2D eigenvalue weighted by atomic mass is 16.5. The number of hydrogen-bond donors (Lipinski definition) is 2. The van der Waals surface area contributed by atoms with Crippen molar-refractivity contribution in [2.24, 2.45) is 17.6 Å². The summed E-state index contributed by atoms with van der Waals surface area (Å²) in [5.41, 5.74) is 5.63. The van der Waals surface area contributed by atoms with Gasteiger partial charge in [-0.15, -0.1) is 0 Å². The van der Waals surface area contributed by atoms with E-state index in [2.05, 4.69) is 23.9 Å². The molecular formula is C15H29N3O3. The Morgan fingerprint density at radius 3 is 2.67 bits per heavy atom. The number of nitrogens with two attached hydrogens (primary N) is 1. The topological polar surface area (TPSA) is 84.7 Å². The zero-order valence-electron chi connectivity index (χ0n) is 13.4. The molecule has 21 heavy (non-hydrogen) atoms. The second kappa shape index (κ2) is 8.87. The summed E-state index contributed by atoms with van der Waals surface area (Å²) >= 11 is 0. The fourth-order valence-corrected chi connectivity index (χ4v) is 2.82. The van der Waals surface area contributed by atoms with Gasteiger partial charge >= 0.3 is 6.09 Å². The van der Waals surface area contributed by atoms with E-state index < -0.39 is 6.09 Å². The van der Waals surface area contributed by atoms with Gasteiger partial charge in [0.25, 0.3) is 0 Å².